The first-order chi connectivity index (χ1) is 13.5. The van der Waals surface area contributed by atoms with Gasteiger partial charge in [-0.2, -0.15) is 0 Å². The Bertz CT molecular complexity index is 1120. The van der Waals surface area contributed by atoms with Crippen LogP contribution in [0.3, 0.4) is 0 Å². The van der Waals surface area contributed by atoms with Gasteiger partial charge in [0.05, 0.1) is 11.4 Å². The van der Waals surface area contributed by atoms with E-state index in [2.05, 4.69) is 0 Å². The van der Waals surface area contributed by atoms with Gasteiger partial charge in [-0.25, -0.2) is 4.39 Å². The van der Waals surface area contributed by atoms with Gasteiger partial charge < -0.3 is 4.57 Å². The molecule has 4 rings (SSSR count). The SMILES string of the molecule is CCN1C(=O)/C(=C/c2cn(Cc3c(F)cccc3Cl)c3ccccc23)SC1=S. The van der Waals surface area contributed by atoms with Gasteiger partial charge in [0.2, 0.25) is 0 Å². The maximum absolute atomic E-state index is 14.3. The van der Waals surface area contributed by atoms with Crippen molar-refractivity contribution in [1.29, 1.82) is 0 Å². The molecule has 1 aliphatic rings. The van der Waals surface area contributed by atoms with Crippen LogP contribution >= 0.6 is 35.6 Å². The van der Waals surface area contributed by atoms with Crippen LogP contribution in [-0.4, -0.2) is 26.2 Å². The standard InChI is InChI=1S/C21H16ClFN2OS2/c1-2-25-20(26)19(28-21(25)27)10-13-11-24(18-9-4-3-6-14(13)18)12-15-16(22)7-5-8-17(15)23/h3-11H,2,12H2,1H3/b19-10-. The minimum atomic E-state index is -0.337. The molecule has 1 fully saturated rings. The third-order valence-corrected chi connectivity index (χ3v) is 6.42. The zero-order chi connectivity index (χ0) is 19.8. The highest BCUT2D eigenvalue weighted by molar-refractivity contribution is 8.26. The van der Waals surface area contributed by atoms with Crippen LogP contribution in [0, 0.1) is 5.82 Å². The lowest BCUT2D eigenvalue weighted by Crippen LogP contribution is -2.27. The summed E-state index contributed by atoms with van der Waals surface area (Å²) in [4.78, 5) is 14.7. The van der Waals surface area contributed by atoms with Crippen molar-refractivity contribution in [3.8, 4) is 0 Å². The summed E-state index contributed by atoms with van der Waals surface area (Å²) in [6.45, 7) is 2.75. The van der Waals surface area contributed by atoms with Crippen LogP contribution in [0.1, 0.15) is 18.1 Å². The van der Waals surface area contributed by atoms with Crippen molar-refractivity contribution in [2.45, 2.75) is 13.5 Å². The molecule has 1 amide bonds. The van der Waals surface area contributed by atoms with E-state index in [4.69, 9.17) is 23.8 Å². The highest BCUT2D eigenvalue weighted by Gasteiger charge is 2.30. The first-order valence-corrected chi connectivity index (χ1v) is 10.4. The van der Waals surface area contributed by atoms with E-state index in [9.17, 15) is 9.18 Å². The van der Waals surface area contributed by atoms with E-state index in [0.29, 0.717) is 32.9 Å². The van der Waals surface area contributed by atoms with Crippen LogP contribution in [0.5, 0.6) is 0 Å². The molecule has 1 aromatic heterocycles. The molecule has 1 aliphatic heterocycles. The molecular weight excluding hydrogens is 415 g/mol. The summed E-state index contributed by atoms with van der Waals surface area (Å²) in [6.07, 6.45) is 3.78. The fraction of sp³-hybridized carbons (Fsp3) is 0.143. The van der Waals surface area contributed by atoms with Gasteiger partial charge in [0.15, 0.2) is 0 Å². The van der Waals surface area contributed by atoms with Gasteiger partial charge in [-0.05, 0) is 31.2 Å². The number of thioether (sulfide) groups is 1. The quantitative estimate of drug-likeness (QED) is 0.392. The lowest BCUT2D eigenvalue weighted by molar-refractivity contribution is -0.121. The van der Waals surface area contributed by atoms with Crippen molar-refractivity contribution in [3.63, 3.8) is 0 Å². The van der Waals surface area contributed by atoms with Crippen molar-refractivity contribution in [2.24, 2.45) is 0 Å². The van der Waals surface area contributed by atoms with Crippen molar-refractivity contribution in [2.75, 3.05) is 6.54 Å². The predicted octanol–water partition coefficient (Wildman–Crippen LogP) is 5.70. The number of carbonyl (C=O) groups is 1. The molecule has 28 heavy (non-hydrogen) atoms. The van der Waals surface area contributed by atoms with E-state index in [1.54, 1.807) is 17.0 Å². The number of fused-ring (bicyclic) bond motifs is 1. The summed E-state index contributed by atoms with van der Waals surface area (Å²) in [6, 6.07) is 12.5. The summed E-state index contributed by atoms with van der Waals surface area (Å²) >= 11 is 12.8. The highest BCUT2D eigenvalue weighted by Crippen LogP contribution is 2.34. The van der Waals surface area contributed by atoms with Gasteiger partial charge in [0, 0.05) is 39.8 Å². The number of hydrogen-bond acceptors (Lipinski definition) is 3. The Balaban J connectivity index is 1.79. The predicted molar refractivity (Wildman–Crippen MR) is 118 cm³/mol. The Labute approximate surface area is 176 Å². The minimum Gasteiger partial charge on any atom is -0.342 e. The van der Waals surface area contributed by atoms with E-state index >= 15 is 0 Å². The number of nitrogens with zero attached hydrogens (tertiary/aromatic N) is 2. The minimum absolute atomic E-state index is 0.0773. The molecule has 0 atom stereocenters. The molecule has 0 unspecified atom stereocenters. The molecule has 2 aromatic carbocycles. The number of hydrogen-bond donors (Lipinski definition) is 0. The van der Waals surface area contributed by atoms with Crippen molar-refractivity contribution in [3.05, 3.63) is 75.5 Å². The lowest BCUT2D eigenvalue weighted by atomic mass is 10.1. The smallest absolute Gasteiger partial charge is 0.266 e. The van der Waals surface area contributed by atoms with Crippen LogP contribution in [0.4, 0.5) is 4.39 Å². The molecule has 7 heteroatoms. The number of amides is 1. The molecule has 0 N–H and O–H groups in total. The van der Waals surface area contributed by atoms with E-state index in [-0.39, 0.29) is 11.7 Å². The van der Waals surface area contributed by atoms with E-state index in [1.807, 2.05) is 48.0 Å². The number of aromatic nitrogens is 1. The first-order valence-electron chi connectivity index (χ1n) is 8.75. The van der Waals surface area contributed by atoms with Gasteiger partial charge in [0.1, 0.15) is 10.1 Å². The summed E-state index contributed by atoms with van der Waals surface area (Å²) in [5.41, 5.74) is 2.27. The van der Waals surface area contributed by atoms with Gasteiger partial charge >= 0.3 is 0 Å². The van der Waals surface area contributed by atoms with Gasteiger partial charge in [-0.15, -0.1) is 0 Å². The average Bonchev–Trinajstić information content (AvgIpc) is 3.15. The molecule has 1 saturated heterocycles. The number of para-hydroxylation sites is 1. The second-order valence-electron chi connectivity index (χ2n) is 6.36. The molecule has 0 saturated carbocycles. The van der Waals surface area contributed by atoms with Crippen LogP contribution in [0.2, 0.25) is 5.02 Å². The van der Waals surface area contributed by atoms with Crippen LogP contribution < -0.4 is 0 Å². The van der Waals surface area contributed by atoms with E-state index in [1.165, 1.54) is 17.8 Å². The number of thiocarbonyl (C=S) groups is 1. The monoisotopic (exact) mass is 430 g/mol. The maximum Gasteiger partial charge on any atom is 0.266 e. The zero-order valence-electron chi connectivity index (χ0n) is 15.0. The summed E-state index contributed by atoms with van der Waals surface area (Å²) in [7, 11) is 0. The van der Waals surface area contributed by atoms with Crippen molar-refractivity contribution >= 4 is 62.8 Å². The largest absolute Gasteiger partial charge is 0.342 e. The fourth-order valence-corrected chi connectivity index (χ4v) is 4.89. The Kier molecular flexibility index (Phi) is 5.27. The Morgan fingerprint density at radius 2 is 2.00 bits per heavy atom. The molecule has 3 aromatic rings. The van der Waals surface area contributed by atoms with Gasteiger partial charge in [-0.3, -0.25) is 9.69 Å². The maximum atomic E-state index is 14.3. The number of carbonyl (C=O) groups excluding carboxylic acids is 1. The molecular formula is C21H16ClFN2OS2. The van der Waals surface area contributed by atoms with Crippen molar-refractivity contribution in [1.82, 2.24) is 9.47 Å². The second kappa shape index (κ2) is 7.70. The second-order valence-corrected chi connectivity index (χ2v) is 8.44. The Hall–Kier alpha value is -2.15. The van der Waals surface area contributed by atoms with Crippen LogP contribution in [0.25, 0.3) is 17.0 Å². The summed E-state index contributed by atoms with van der Waals surface area (Å²) < 4.78 is 16.8. The molecule has 0 radical (unpaired) electrons. The normalized spacial score (nSPS) is 16.0. The fourth-order valence-electron chi connectivity index (χ4n) is 3.29. The van der Waals surface area contributed by atoms with Crippen LogP contribution in [0.15, 0.2) is 53.6 Å². The molecule has 142 valence electrons. The summed E-state index contributed by atoms with van der Waals surface area (Å²) in [5.74, 6) is -0.415. The third-order valence-electron chi connectivity index (χ3n) is 4.69. The molecule has 3 nitrogen and oxygen atoms in total. The highest BCUT2D eigenvalue weighted by atomic mass is 35.5. The Morgan fingerprint density at radius 3 is 2.71 bits per heavy atom. The third kappa shape index (κ3) is 3.36. The van der Waals surface area contributed by atoms with E-state index < -0.39 is 0 Å². The first kappa shape index (κ1) is 19.2. The molecule has 0 bridgehead atoms. The van der Waals surface area contributed by atoms with Gasteiger partial charge in [0.25, 0.3) is 5.91 Å². The lowest BCUT2D eigenvalue weighted by Gasteiger charge is -2.09. The zero-order valence-corrected chi connectivity index (χ0v) is 17.4. The van der Waals surface area contributed by atoms with Crippen molar-refractivity contribution < 1.29 is 9.18 Å². The number of rotatable bonds is 4. The number of likely N-dealkylation sites (N-methyl/N-ethyl adjacent to an activating group) is 1. The number of halogens is 2. The average molecular weight is 431 g/mol. The molecule has 0 spiro atoms. The topological polar surface area (TPSA) is 25.2 Å². The summed E-state index contributed by atoms with van der Waals surface area (Å²) in [5, 5.41) is 1.37. The Morgan fingerprint density at radius 1 is 1.21 bits per heavy atom. The molecule has 2 heterocycles. The van der Waals surface area contributed by atoms with Crippen LogP contribution in [-0.2, 0) is 11.3 Å². The number of benzene rings is 2. The van der Waals surface area contributed by atoms with E-state index in [0.717, 1.165) is 16.5 Å². The molecule has 0 aliphatic carbocycles. The van der Waals surface area contributed by atoms with Gasteiger partial charge in [-0.1, -0.05) is 59.8 Å².